The molecule has 102 heavy (non-hydrogen) atoms. The molecule has 0 saturated heterocycles. The van der Waals surface area contributed by atoms with Crippen LogP contribution >= 0.6 is 31.7 Å². The average molecular weight is 1500 g/mol. The van der Waals surface area contributed by atoms with Crippen LogP contribution in [0.2, 0.25) is 0 Å². The van der Waals surface area contributed by atoms with Crippen LogP contribution in [0.3, 0.4) is 0 Å². The van der Waals surface area contributed by atoms with Gasteiger partial charge in [0.15, 0.2) is 11.7 Å². The molecule has 15 aromatic rings. The first-order valence-electron chi connectivity index (χ1n) is 33.2. The van der Waals surface area contributed by atoms with Crippen molar-refractivity contribution in [3.63, 3.8) is 0 Å². The SMILES string of the molecule is C[C@@]1(c2cc(-c3cncnc3)c(F)cc2F)Cn2ccnc2C(N)=N1.[Pd].c1ccc(P(c2ccccc2)c2ccccc2)cc1.c1ccc(P(c2ccccc2)c2ccccc2)cc1.c1ccc(P(c2ccccc2)c2ccccc2)cc1.c1ccc(P(c2ccccc2)c2ccccc2)cc1. The van der Waals surface area contributed by atoms with Crippen LogP contribution in [0.15, 0.2) is 412 Å². The van der Waals surface area contributed by atoms with E-state index in [0.717, 1.165) is 6.07 Å². The fourth-order valence-corrected chi connectivity index (χ4v) is 21.1. The number of rotatable bonds is 14. The standard InChI is InChI=1S/4C18H15P.C17H14F2N6.Pd/c4*1-4-10-16(11-5-1)19(17-12-6-2-7-13-17)18-14-8-3-9-15-18;1-17(8-25-3-2-23-16(25)15(20)24-17)12-4-11(13(18)5-14(12)19)10-6-21-9-22-7-10;/h4*1-15H;2-7,9H,8H2,1H3,(H2,20,24);/t;;;;17-;/m....0./s1. The van der Waals surface area contributed by atoms with E-state index in [4.69, 9.17) is 5.73 Å². The van der Waals surface area contributed by atoms with Gasteiger partial charge in [-0.05, 0) is 108 Å². The van der Waals surface area contributed by atoms with E-state index in [1.165, 1.54) is 88.4 Å². The molecule has 1 aliphatic heterocycles. The third-order valence-electron chi connectivity index (χ3n) is 16.5. The summed E-state index contributed by atoms with van der Waals surface area (Å²) in [5.41, 5.74) is 5.91. The molecule has 0 spiro atoms. The maximum Gasteiger partial charge on any atom is 0.175 e. The van der Waals surface area contributed by atoms with Crippen molar-refractivity contribution in [1.82, 2.24) is 19.5 Å². The zero-order valence-electron chi connectivity index (χ0n) is 56.1. The topological polar surface area (TPSA) is 82.0 Å². The maximum absolute atomic E-state index is 14.6. The van der Waals surface area contributed by atoms with Crippen LogP contribution in [0, 0.1) is 11.6 Å². The van der Waals surface area contributed by atoms with Crippen LogP contribution in [0.5, 0.6) is 0 Å². The zero-order chi connectivity index (χ0) is 69.3. The van der Waals surface area contributed by atoms with E-state index in [-0.39, 0.29) is 37.4 Å². The maximum atomic E-state index is 14.6. The number of amidine groups is 1. The third kappa shape index (κ3) is 19.3. The molecule has 0 aliphatic carbocycles. The number of nitrogens with zero attached hydrogens (tertiary/aromatic N) is 5. The molecule has 0 radical (unpaired) electrons. The molecule has 0 bridgehead atoms. The van der Waals surface area contributed by atoms with E-state index in [2.05, 4.69) is 384 Å². The van der Waals surface area contributed by atoms with Crippen LogP contribution in [-0.4, -0.2) is 25.4 Å². The predicted molar refractivity (Wildman–Crippen MR) is 428 cm³/mol. The molecule has 3 heterocycles. The van der Waals surface area contributed by atoms with Gasteiger partial charge in [0.1, 0.15) is 23.5 Å². The van der Waals surface area contributed by atoms with Crippen molar-refractivity contribution in [1.29, 1.82) is 0 Å². The molecule has 0 fully saturated rings. The number of benzene rings is 13. The van der Waals surface area contributed by atoms with Crippen molar-refractivity contribution in [2.45, 2.75) is 19.0 Å². The Hall–Kier alpha value is -10.1. The van der Waals surface area contributed by atoms with E-state index in [1.807, 2.05) is 0 Å². The Morgan fingerprint density at radius 2 is 0.578 bits per heavy atom. The van der Waals surface area contributed by atoms with E-state index in [9.17, 15) is 8.78 Å². The molecule has 0 unspecified atom stereocenters. The van der Waals surface area contributed by atoms with Crippen molar-refractivity contribution >= 4 is 101 Å². The summed E-state index contributed by atoms with van der Waals surface area (Å²) in [6.45, 7) is 2.10. The first kappa shape index (κ1) is 73.1. The number of halogens is 2. The molecule has 504 valence electrons. The fraction of sp³-hybridized carbons (Fsp3) is 0.0337. The van der Waals surface area contributed by atoms with Gasteiger partial charge in [-0.2, -0.15) is 0 Å². The van der Waals surface area contributed by atoms with Gasteiger partial charge in [-0.25, -0.2) is 23.7 Å². The van der Waals surface area contributed by atoms with Crippen LogP contribution in [0.25, 0.3) is 11.1 Å². The van der Waals surface area contributed by atoms with Gasteiger partial charge in [-0.1, -0.05) is 364 Å². The third-order valence-corrected chi connectivity index (χ3v) is 26.2. The van der Waals surface area contributed by atoms with Gasteiger partial charge < -0.3 is 10.3 Å². The predicted octanol–water partition coefficient (Wildman–Crippen LogP) is 16.0. The number of hydrogen-bond acceptors (Lipinski definition) is 5. The van der Waals surface area contributed by atoms with Gasteiger partial charge >= 0.3 is 0 Å². The Morgan fingerprint density at radius 1 is 0.343 bits per heavy atom. The van der Waals surface area contributed by atoms with E-state index in [1.54, 1.807) is 23.9 Å². The van der Waals surface area contributed by atoms with Crippen LogP contribution in [0.4, 0.5) is 8.78 Å². The Balaban J connectivity index is 0.000000128. The Labute approximate surface area is 616 Å². The van der Waals surface area contributed by atoms with Crippen molar-refractivity contribution in [2.75, 3.05) is 0 Å². The van der Waals surface area contributed by atoms with E-state index >= 15 is 0 Å². The summed E-state index contributed by atoms with van der Waals surface area (Å²) in [5, 5.41) is 16.8. The quantitative estimate of drug-likeness (QED) is 0.0869. The summed E-state index contributed by atoms with van der Waals surface area (Å²) in [6, 6.07) is 132. The second-order valence-electron chi connectivity index (χ2n) is 23.5. The first-order valence-corrected chi connectivity index (χ1v) is 38.6. The second-order valence-corrected chi connectivity index (χ2v) is 32.3. The normalized spacial score (nSPS) is 12.6. The Kier molecular flexibility index (Phi) is 26.9. The number of imidazole rings is 1. The van der Waals surface area contributed by atoms with Gasteiger partial charge in [-0.15, -0.1) is 0 Å². The number of fused-ring (bicyclic) bond motifs is 1. The molecule has 2 N–H and O–H groups in total. The van der Waals surface area contributed by atoms with Crippen LogP contribution < -0.4 is 69.4 Å². The number of nitrogens with two attached hydrogens (primary N) is 1. The smallest absolute Gasteiger partial charge is 0.175 e. The van der Waals surface area contributed by atoms with E-state index < -0.39 is 48.9 Å². The summed E-state index contributed by atoms with van der Waals surface area (Å²) in [6.07, 6.45) is 7.66. The molecular formula is C89H74F2N6P4Pd. The van der Waals surface area contributed by atoms with Crippen molar-refractivity contribution in [3.05, 3.63) is 430 Å². The van der Waals surface area contributed by atoms with Crippen molar-refractivity contribution < 1.29 is 29.2 Å². The van der Waals surface area contributed by atoms with Gasteiger partial charge in [0.05, 0.1) is 6.54 Å². The van der Waals surface area contributed by atoms with Crippen LogP contribution in [-0.2, 0) is 32.5 Å². The monoisotopic (exact) mass is 1490 g/mol. The largest absolute Gasteiger partial charge is 0.381 e. The molecule has 1 atom stereocenters. The Morgan fingerprint density at radius 3 is 0.814 bits per heavy atom. The van der Waals surface area contributed by atoms with Gasteiger partial charge in [0.25, 0.3) is 0 Å². The van der Waals surface area contributed by atoms with Crippen LogP contribution in [0.1, 0.15) is 18.3 Å². The molecule has 16 rings (SSSR count). The molecule has 2 aromatic heterocycles. The molecule has 0 saturated carbocycles. The van der Waals surface area contributed by atoms with Gasteiger partial charge in [-0.3, -0.25) is 4.99 Å². The summed E-state index contributed by atoms with van der Waals surface area (Å²) in [7, 11) is -1.78. The minimum atomic E-state index is -0.986. The average Bonchev–Trinajstić information content (AvgIpc) is 1.22. The summed E-state index contributed by atoms with van der Waals surface area (Å²) in [4.78, 5) is 16.4. The Bertz CT molecular complexity index is 4100. The summed E-state index contributed by atoms with van der Waals surface area (Å²) in [5.74, 6) is -0.611. The minimum absolute atomic E-state index is 0. The van der Waals surface area contributed by atoms with E-state index in [0.29, 0.717) is 17.9 Å². The summed E-state index contributed by atoms with van der Waals surface area (Å²) < 4.78 is 30.7. The first-order chi connectivity index (χ1) is 49.8. The van der Waals surface area contributed by atoms with Crippen molar-refractivity contribution in [3.8, 4) is 11.1 Å². The van der Waals surface area contributed by atoms with Crippen molar-refractivity contribution in [2.24, 2.45) is 10.7 Å². The molecule has 13 aromatic carbocycles. The molecule has 13 heteroatoms. The molecule has 1 aliphatic rings. The number of hydrogen-bond donors (Lipinski definition) is 1. The zero-order valence-corrected chi connectivity index (χ0v) is 61.2. The van der Waals surface area contributed by atoms with Gasteiger partial charge in [0.2, 0.25) is 0 Å². The number of aliphatic imine (C=N–C) groups is 1. The fourth-order valence-electron chi connectivity index (χ4n) is 11.8. The second kappa shape index (κ2) is 37.5. The number of aromatic nitrogens is 4. The van der Waals surface area contributed by atoms with Gasteiger partial charge in [0, 0.05) is 68.0 Å². The molecule has 6 nitrogen and oxygen atoms in total. The molecular weight excluding hydrogens is 1420 g/mol. The molecule has 0 amide bonds. The summed E-state index contributed by atoms with van der Waals surface area (Å²) >= 11 is 0. The minimum Gasteiger partial charge on any atom is -0.381 e.